The number of hydrogen-bond acceptors (Lipinski definition) is 4. The van der Waals surface area contributed by atoms with E-state index in [0.29, 0.717) is 12.0 Å². The Morgan fingerprint density at radius 3 is 3.18 bits per heavy atom. The van der Waals surface area contributed by atoms with Crippen molar-refractivity contribution in [2.75, 3.05) is 12.3 Å². The van der Waals surface area contributed by atoms with Crippen LogP contribution in [0.3, 0.4) is 0 Å². The number of aromatic nitrogens is 3. The lowest BCUT2D eigenvalue weighted by molar-refractivity contribution is 0.502. The van der Waals surface area contributed by atoms with Gasteiger partial charge in [0.05, 0.1) is 6.20 Å². The minimum atomic E-state index is 0.578. The van der Waals surface area contributed by atoms with Crippen LogP contribution in [0, 0.1) is 5.92 Å². The van der Waals surface area contributed by atoms with Gasteiger partial charge in [-0.2, -0.15) is 0 Å². The number of nitrogens with zero attached hydrogens (tertiary/aromatic N) is 4. The molecule has 0 saturated carbocycles. The molecular formula is C11H19N5S. The summed E-state index contributed by atoms with van der Waals surface area (Å²) >= 11 is 1.83. The second-order valence-corrected chi connectivity index (χ2v) is 5.52. The fourth-order valence-electron chi connectivity index (χ4n) is 1.63. The van der Waals surface area contributed by atoms with Gasteiger partial charge in [0.2, 0.25) is 0 Å². The lowest BCUT2D eigenvalue weighted by Crippen LogP contribution is -2.31. The Morgan fingerprint density at radius 2 is 2.53 bits per heavy atom. The summed E-state index contributed by atoms with van der Waals surface area (Å²) in [4.78, 5) is 4.56. The SMILES string of the molecule is CC(C)C1CSC(=NCCCn2ccnn2)N1. The summed E-state index contributed by atoms with van der Waals surface area (Å²) in [5.41, 5.74) is 0. The van der Waals surface area contributed by atoms with Crippen molar-refractivity contribution in [1.29, 1.82) is 0 Å². The van der Waals surface area contributed by atoms with Crippen molar-refractivity contribution in [1.82, 2.24) is 20.3 Å². The second kappa shape index (κ2) is 6.05. The molecule has 1 aromatic heterocycles. The van der Waals surface area contributed by atoms with Crippen LogP contribution in [0.2, 0.25) is 0 Å². The van der Waals surface area contributed by atoms with Crippen LogP contribution in [-0.2, 0) is 6.54 Å². The molecule has 1 aliphatic heterocycles. The number of aryl methyl sites for hydroxylation is 1. The molecule has 0 aliphatic carbocycles. The van der Waals surface area contributed by atoms with Crippen molar-refractivity contribution in [2.24, 2.45) is 10.9 Å². The molecule has 0 radical (unpaired) electrons. The van der Waals surface area contributed by atoms with Crippen molar-refractivity contribution in [3.8, 4) is 0 Å². The first-order valence-electron chi connectivity index (χ1n) is 6.03. The quantitative estimate of drug-likeness (QED) is 0.806. The highest BCUT2D eigenvalue weighted by molar-refractivity contribution is 8.14. The molecule has 0 aromatic carbocycles. The highest BCUT2D eigenvalue weighted by Crippen LogP contribution is 2.18. The Labute approximate surface area is 106 Å². The van der Waals surface area contributed by atoms with Gasteiger partial charge in [-0.3, -0.25) is 9.67 Å². The summed E-state index contributed by atoms with van der Waals surface area (Å²) in [7, 11) is 0. The molecule has 1 fully saturated rings. The Kier molecular flexibility index (Phi) is 4.42. The summed E-state index contributed by atoms with van der Waals surface area (Å²) in [5, 5.41) is 12.2. The second-order valence-electron chi connectivity index (χ2n) is 4.51. The van der Waals surface area contributed by atoms with Crippen LogP contribution in [0.4, 0.5) is 0 Å². The largest absolute Gasteiger partial charge is 0.361 e. The van der Waals surface area contributed by atoms with E-state index < -0.39 is 0 Å². The van der Waals surface area contributed by atoms with Crippen LogP contribution in [0.5, 0.6) is 0 Å². The maximum absolute atomic E-state index is 4.56. The molecule has 1 saturated heterocycles. The standard InChI is InChI=1S/C11H19N5S/c1-9(2)10-8-17-11(14-10)12-4-3-6-16-7-5-13-15-16/h5,7,9-10H,3-4,6,8H2,1-2H3,(H,12,14). The van der Waals surface area contributed by atoms with Crippen molar-refractivity contribution in [2.45, 2.75) is 32.9 Å². The molecule has 1 aliphatic rings. The Morgan fingerprint density at radius 1 is 1.65 bits per heavy atom. The van der Waals surface area contributed by atoms with E-state index in [1.807, 2.05) is 22.6 Å². The minimum Gasteiger partial charge on any atom is -0.361 e. The van der Waals surface area contributed by atoms with Crippen LogP contribution in [0.1, 0.15) is 20.3 Å². The first kappa shape index (κ1) is 12.4. The molecule has 2 rings (SSSR count). The summed E-state index contributed by atoms with van der Waals surface area (Å²) in [6.07, 6.45) is 4.58. The molecule has 0 bridgehead atoms. The minimum absolute atomic E-state index is 0.578. The van der Waals surface area contributed by atoms with Crippen LogP contribution >= 0.6 is 11.8 Å². The Hall–Kier alpha value is -1.04. The normalized spacial score (nSPS) is 22.3. The maximum atomic E-state index is 4.56. The van der Waals surface area contributed by atoms with Crippen LogP contribution in [0.15, 0.2) is 17.4 Å². The van der Waals surface area contributed by atoms with Crippen molar-refractivity contribution in [3.05, 3.63) is 12.4 Å². The lowest BCUT2D eigenvalue weighted by Gasteiger charge is -2.13. The molecule has 0 amide bonds. The first-order valence-corrected chi connectivity index (χ1v) is 7.02. The third-order valence-corrected chi connectivity index (χ3v) is 3.83. The molecule has 5 nitrogen and oxygen atoms in total. The maximum Gasteiger partial charge on any atom is 0.156 e. The van der Waals surface area contributed by atoms with Crippen LogP contribution < -0.4 is 5.32 Å². The van der Waals surface area contributed by atoms with E-state index in [-0.39, 0.29) is 0 Å². The molecule has 1 unspecified atom stereocenters. The number of aliphatic imine (C=N–C) groups is 1. The van der Waals surface area contributed by atoms with E-state index in [0.717, 1.165) is 30.4 Å². The van der Waals surface area contributed by atoms with Crippen LogP contribution in [0.25, 0.3) is 0 Å². The first-order chi connectivity index (χ1) is 8.25. The number of amidine groups is 1. The van der Waals surface area contributed by atoms with Gasteiger partial charge in [0.1, 0.15) is 0 Å². The van der Waals surface area contributed by atoms with Crippen LogP contribution in [-0.4, -0.2) is 38.5 Å². The zero-order chi connectivity index (χ0) is 12.1. The van der Waals surface area contributed by atoms with E-state index in [4.69, 9.17) is 0 Å². The van der Waals surface area contributed by atoms with E-state index in [1.165, 1.54) is 0 Å². The molecule has 94 valence electrons. The van der Waals surface area contributed by atoms with Gasteiger partial charge in [0.15, 0.2) is 5.17 Å². The van der Waals surface area contributed by atoms with Crippen molar-refractivity contribution in [3.63, 3.8) is 0 Å². The van der Waals surface area contributed by atoms with Gasteiger partial charge in [-0.1, -0.05) is 30.8 Å². The van der Waals surface area contributed by atoms with Gasteiger partial charge in [-0.05, 0) is 12.3 Å². The molecule has 1 N–H and O–H groups in total. The fraction of sp³-hybridized carbons (Fsp3) is 0.727. The Bertz CT molecular complexity index is 360. The fourth-order valence-corrected chi connectivity index (χ4v) is 2.85. The third-order valence-electron chi connectivity index (χ3n) is 2.79. The molecule has 0 spiro atoms. The Balaban J connectivity index is 1.68. The van der Waals surface area contributed by atoms with E-state index in [2.05, 4.69) is 34.5 Å². The van der Waals surface area contributed by atoms with E-state index in [1.54, 1.807) is 6.20 Å². The highest BCUT2D eigenvalue weighted by Gasteiger charge is 2.22. The zero-order valence-corrected chi connectivity index (χ0v) is 11.2. The van der Waals surface area contributed by atoms with Gasteiger partial charge in [0.25, 0.3) is 0 Å². The van der Waals surface area contributed by atoms with E-state index >= 15 is 0 Å². The lowest BCUT2D eigenvalue weighted by atomic mass is 10.1. The van der Waals surface area contributed by atoms with Gasteiger partial charge in [-0.15, -0.1) is 5.10 Å². The predicted molar refractivity (Wildman–Crippen MR) is 71.2 cm³/mol. The monoisotopic (exact) mass is 253 g/mol. The molecule has 2 heterocycles. The summed E-state index contributed by atoms with van der Waals surface area (Å²) in [5.74, 6) is 1.81. The number of nitrogens with one attached hydrogen (secondary N) is 1. The smallest absolute Gasteiger partial charge is 0.156 e. The summed E-state index contributed by atoms with van der Waals surface area (Å²) in [6.45, 7) is 6.22. The highest BCUT2D eigenvalue weighted by atomic mass is 32.2. The topological polar surface area (TPSA) is 55.1 Å². The average molecular weight is 253 g/mol. The predicted octanol–water partition coefficient (Wildman–Crippen LogP) is 1.39. The van der Waals surface area contributed by atoms with Crippen molar-refractivity contribution >= 4 is 16.9 Å². The molecule has 1 atom stereocenters. The van der Waals surface area contributed by atoms with E-state index in [9.17, 15) is 0 Å². The summed E-state index contributed by atoms with van der Waals surface area (Å²) < 4.78 is 1.84. The molecule has 6 heteroatoms. The number of thioether (sulfide) groups is 1. The number of hydrogen-bond donors (Lipinski definition) is 1. The van der Waals surface area contributed by atoms with Gasteiger partial charge < -0.3 is 5.32 Å². The third kappa shape index (κ3) is 3.73. The van der Waals surface area contributed by atoms with Gasteiger partial charge in [0, 0.05) is 31.1 Å². The van der Waals surface area contributed by atoms with Gasteiger partial charge in [-0.25, -0.2) is 0 Å². The van der Waals surface area contributed by atoms with Crippen molar-refractivity contribution < 1.29 is 0 Å². The zero-order valence-electron chi connectivity index (χ0n) is 10.3. The molecule has 1 aromatic rings. The van der Waals surface area contributed by atoms with Gasteiger partial charge >= 0.3 is 0 Å². The number of rotatable bonds is 5. The molecular weight excluding hydrogens is 234 g/mol. The average Bonchev–Trinajstić information content (AvgIpc) is 2.96. The summed E-state index contributed by atoms with van der Waals surface area (Å²) in [6, 6.07) is 0.578. The molecule has 17 heavy (non-hydrogen) atoms.